The van der Waals surface area contributed by atoms with Crippen LogP contribution in [0, 0.1) is 5.41 Å². The molecule has 0 spiro atoms. The van der Waals surface area contributed by atoms with Gasteiger partial charge in [0.05, 0.1) is 6.61 Å². The summed E-state index contributed by atoms with van der Waals surface area (Å²) in [5.41, 5.74) is 0.404. The molecule has 2 atom stereocenters. The molecule has 3 heteroatoms. The van der Waals surface area contributed by atoms with Crippen LogP contribution in [0.5, 0.6) is 0 Å². The van der Waals surface area contributed by atoms with Crippen molar-refractivity contribution in [2.75, 3.05) is 26.3 Å². The average molecular weight is 262 g/mol. The van der Waals surface area contributed by atoms with Gasteiger partial charge in [-0.05, 0) is 24.8 Å². The average Bonchev–Trinajstić information content (AvgIpc) is 2.62. The van der Waals surface area contributed by atoms with Crippen LogP contribution in [-0.2, 0) is 4.74 Å². The van der Waals surface area contributed by atoms with Crippen LogP contribution in [0.1, 0.15) is 26.7 Å². The number of halogens is 1. The molecule has 0 N–H and O–H groups in total. The maximum absolute atomic E-state index is 5.45. The van der Waals surface area contributed by atoms with Gasteiger partial charge in [-0.15, -0.1) is 0 Å². The number of rotatable bonds is 1. The summed E-state index contributed by atoms with van der Waals surface area (Å²) < 4.78 is 5.45. The number of hydrogen-bond donors (Lipinski definition) is 0. The van der Waals surface area contributed by atoms with Crippen molar-refractivity contribution in [3.63, 3.8) is 0 Å². The molecular formula is C11H20BrNO. The highest BCUT2D eigenvalue weighted by molar-refractivity contribution is 9.09. The SMILES string of the molecule is CC1(C)CN(C2CCOC2)CCC1Br. The van der Waals surface area contributed by atoms with Crippen LogP contribution >= 0.6 is 15.9 Å². The molecule has 2 rings (SSSR count). The number of likely N-dealkylation sites (tertiary alicyclic amines) is 1. The first-order valence-corrected chi connectivity index (χ1v) is 6.47. The van der Waals surface area contributed by atoms with Crippen molar-refractivity contribution in [1.82, 2.24) is 4.90 Å². The second-order valence-electron chi connectivity index (χ2n) is 5.23. The first-order chi connectivity index (χ1) is 6.59. The van der Waals surface area contributed by atoms with Crippen molar-refractivity contribution in [3.8, 4) is 0 Å². The van der Waals surface area contributed by atoms with E-state index in [1.165, 1.54) is 25.9 Å². The molecule has 0 saturated carbocycles. The van der Waals surface area contributed by atoms with Crippen LogP contribution < -0.4 is 0 Å². The molecule has 2 heterocycles. The van der Waals surface area contributed by atoms with Crippen LogP contribution in [0.15, 0.2) is 0 Å². The summed E-state index contributed by atoms with van der Waals surface area (Å²) >= 11 is 3.79. The van der Waals surface area contributed by atoms with E-state index in [4.69, 9.17) is 4.74 Å². The van der Waals surface area contributed by atoms with Gasteiger partial charge in [0.1, 0.15) is 0 Å². The van der Waals surface area contributed by atoms with E-state index in [2.05, 4.69) is 34.7 Å². The van der Waals surface area contributed by atoms with E-state index < -0.39 is 0 Å². The van der Waals surface area contributed by atoms with E-state index in [1.54, 1.807) is 0 Å². The zero-order chi connectivity index (χ0) is 10.2. The summed E-state index contributed by atoms with van der Waals surface area (Å²) in [6, 6.07) is 0.689. The fourth-order valence-corrected chi connectivity index (χ4v) is 2.84. The van der Waals surface area contributed by atoms with Crippen molar-refractivity contribution in [2.24, 2.45) is 5.41 Å². The Labute approximate surface area is 95.1 Å². The zero-order valence-corrected chi connectivity index (χ0v) is 10.7. The Morgan fingerprint density at radius 3 is 2.71 bits per heavy atom. The van der Waals surface area contributed by atoms with Crippen LogP contribution in [0.3, 0.4) is 0 Å². The van der Waals surface area contributed by atoms with E-state index in [-0.39, 0.29) is 0 Å². The van der Waals surface area contributed by atoms with Crippen molar-refractivity contribution >= 4 is 15.9 Å². The van der Waals surface area contributed by atoms with Gasteiger partial charge in [-0.25, -0.2) is 0 Å². The molecule has 2 fully saturated rings. The largest absolute Gasteiger partial charge is 0.380 e. The number of ether oxygens (including phenoxy) is 1. The Morgan fingerprint density at radius 1 is 1.36 bits per heavy atom. The van der Waals surface area contributed by atoms with Gasteiger partial charge in [0, 0.05) is 24.0 Å². The predicted octanol–water partition coefficient (Wildman–Crippen LogP) is 2.27. The lowest BCUT2D eigenvalue weighted by Crippen LogP contribution is -2.50. The topological polar surface area (TPSA) is 12.5 Å². The van der Waals surface area contributed by atoms with Crippen LogP contribution in [0.2, 0.25) is 0 Å². The monoisotopic (exact) mass is 261 g/mol. The van der Waals surface area contributed by atoms with Gasteiger partial charge in [0.2, 0.25) is 0 Å². The maximum Gasteiger partial charge on any atom is 0.0622 e. The number of alkyl halides is 1. The molecule has 0 amide bonds. The maximum atomic E-state index is 5.45. The minimum absolute atomic E-state index is 0.404. The van der Waals surface area contributed by atoms with Crippen molar-refractivity contribution in [3.05, 3.63) is 0 Å². The van der Waals surface area contributed by atoms with Gasteiger partial charge in [0.25, 0.3) is 0 Å². The zero-order valence-electron chi connectivity index (χ0n) is 9.13. The molecule has 0 bridgehead atoms. The standard InChI is InChI=1S/C11H20BrNO/c1-11(2)8-13(5-3-10(11)12)9-4-6-14-7-9/h9-10H,3-8H2,1-2H3. The third-order valence-corrected chi connectivity index (χ3v) is 5.25. The molecule has 2 saturated heterocycles. The summed E-state index contributed by atoms with van der Waals surface area (Å²) in [6.07, 6.45) is 2.49. The lowest BCUT2D eigenvalue weighted by molar-refractivity contribution is 0.0749. The molecule has 0 aromatic carbocycles. The summed E-state index contributed by atoms with van der Waals surface area (Å²) in [4.78, 5) is 3.29. The van der Waals surface area contributed by atoms with Crippen molar-refractivity contribution < 1.29 is 4.74 Å². The van der Waals surface area contributed by atoms with Gasteiger partial charge >= 0.3 is 0 Å². The Hall–Kier alpha value is 0.400. The number of nitrogens with zero attached hydrogens (tertiary/aromatic N) is 1. The minimum Gasteiger partial charge on any atom is -0.380 e. The molecule has 0 aliphatic carbocycles. The van der Waals surface area contributed by atoms with E-state index in [1.807, 2.05) is 0 Å². The molecule has 2 aliphatic rings. The fourth-order valence-electron chi connectivity index (χ4n) is 2.49. The fraction of sp³-hybridized carbons (Fsp3) is 1.00. The third-order valence-electron chi connectivity index (χ3n) is 3.55. The Kier molecular flexibility index (Phi) is 3.20. The van der Waals surface area contributed by atoms with Crippen LogP contribution in [-0.4, -0.2) is 42.1 Å². The molecule has 0 aromatic rings. The van der Waals surface area contributed by atoms with Gasteiger partial charge in [-0.1, -0.05) is 29.8 Å². The molecule has 2 aliphatic heterocycles. The predicted molar refractivity (Wildman–Crippen MR) is 61.9 cm³/mol. The van der Waals surface area contributed by atoms with E-state index in [9.17, 15) is 0 Å². The second-order valence-corrected chi connectivity index (χ2v) is 6.34. The third kappa shape index (κ3) is 2.15. The highest BCUT2D eigenvalue weighted by atomic mass is 79.9. The quantitative estimate of drug-likeness (QED) is 0.672. The Bertz CT molecular complexity index is 201. The van der Waals surface area contributed by atoms with E-state index in [0.29, 0.717) is 16.3 Å². The summed E-state index contributed by atoms with van der Waals surface area (Å²) in [7, 11) is 0. The lowest BCUT2D eigenvalue weighted by Gasteiger charge is -2.44. The summed E-state index contributed by atoms with van der Waals surface area (Å²) in [5.74, 6) is 0. The molecular weight excluding hydrogens is 242 g/mol. The first kappa shape index (κ1) is 10.9. The Balaban J connectivity index is 1.95. The normalized spacial score (nSPS) is 38.8. The van der Waals surface area contributed by atoms with Crippen molar-refractivity contribution in [1.29, 1.82) is 0 Å². The molecule has 2 nitrogen and oxygen atoms in total. The van der Waals surface area contributed by atoms with Gasteiger partial charge in [-0.3, -0.25) is 4.90 Å². The highest BCUT2D eigenvalue weighted by Crippen LogP contribution is 2.36. The number of hydrogen-bond acceptors (Lipinski definition) is 2. The van der Waals surface area contributed by atoms with Gasteiger partial charge < -0.3 is 4.74 Å². The van der Waals surface area contributed by atoms with Gasteiger partial charge in [-0.2, -0.15) is 0 Å². The molecule has 0 aromatic heterocycles. The van der Waals surface area contributed by atoms with E-state index >= 15 is 0 Å². The second kappa shape index (κ2) is 4.11. The molecule has 14 heavy (non-hydrogen) atoms. The van der Waals surface area contributed by atoms with Crippen LogP contribution in [0.4, 0.5) is 0 Å². The van der Waals surface area contributed by atoms with Gasteiger partial charge in [0.15, 0.2) is 0 Å². The molecule has 0 radical (unpaired) electrons. The Morgan fingerprint density at radius 2 is 2.14 bits per heavy atom. The molecule has 82 valence electrons. The summed E-state index contributed by atoms with van der Waals surface area (Å²) in [5, 5.41) is 0. The highest BCUT2D eigenvalue weighted by Gasteiger charge is 2.37. The first-order valence-electron chi connectivity index (χ1n) is 5.55. The lowest BCUT2D eigenvalue weighted by atomic mass is 9.83. The number of piperidine rings is 1. The van der Waals surface area contributed by atoms with Crippen molar-refractivity contribution in [2.45, 2.75) is 37.6 Å². The minimum atomic E-state index is 0.404. The smallest absolute Gasteiger partial charge is 0.0622 e. The molecule has 2 unspecified atom stereocenters. The summed E-state index contributed by atoms with van der Waals surface area (Å²) in [6.45, 7) is 9.05. The van der Waals surface area contributed by atoms with E-state index in [0.717, 1.165) is 13.2 Å². The van der Waals surface area contributed by atoms with Crippen LogP contribution in [0.25, 0.3) is 0 Å².